The number of halogens is 3. The van der Waals surface area contributed by atoms with Crippen LogP contribution in [0.25, 0.3) is 0 Å². The zero-order chi connectivity index (χ0) is 15.6. The third kappa shape index (κ3) is 4.25. The largest absolute Gasteiger partial charge is 0.573 e. The van der Waals surface area contributed by atoms with Gasteiger partial charge in [0.05, 0.1) is 0 Å². The van der Waals surface area contributed by atoms with E-state index in [4.69, 9.17) is 5.73 Å². The van der Waals surface area contributed by atoms with Gasteiger partial charge in [0.25, 0.3) is 0 Å². The number of nitrogens with one attached hydrogen (secondary N) is 1. The number of hydrogen-bond donors (Lipinski definition) is 2. The number of hydrogen-bond acceptors (Lipinski definition) is 3. The van der Waals surface area contributed by atoms with Gasteiger partial charge in [-0.15, -0.1) is 13.2 Å². The number of likely N-dealkylation sites (tertiary alicyclic amines) is 1. The molecular weight excluding hydrogens is 287 g/mol. The van der Waals surface area contributed by atoms with Gasteiger partial charge >= 0.3 is 12.4 Å². The molecule has 0 aromatic heterocycles. The van der Waals surface area contributed by atoms with E-state index in [-0.39, 0.29) is 23.7 Å². The minimum atomic E-state index is -4.73. The summed E-state index contributed by atoms with van der Waals surface area (Å²) in [4.78, 5) is 13.5. The van der Waals surface area contributed by atoms with Crippen molar-refractivity contribution in [1.82, 2.24) is 4.90 Å². The minimum Gasteiger partial charge on any atom is -0.406 e. The van der Waals surface area contributed by atoms with Crippen LogP contribution in [0.2, 0.25) is 0 Å². The number of nitrogens with zero attached hydrogens (tertiary/aromatic N) is 1. The maximum absolute atomic E-state index is 12.0. The molecule has 2 atom stereocenters. The summed E-state index contributed by atoms with van der Waals surface area (Å²) in [5.41, 5.74) is 6.23. The number of anilines is 1. The average molecular weight is 303 g/mol. The van der Waals surface area contributed by atoms with E-state index < -0.39 is 6.36 Å². The minimum absolute atomic E-state index is 0.0571. The number of alkyl halides is 3. The third-order valence-corrected chi connectivity index (χ3v) is 3.30. The first-order chi connectivity index (χ1) is 9.74. The highest BCUT2D eigenvalue weighted by Gasteiger charge is 2.31. The molecule has 0 aliphatic carbocycles. The van der Waals surface area contributed by atoms with Crippen LogP contribution in [0.15, 0.2) is 24.3 Å². The standard InChI is InChI=1S/C13H16F3N3O2/c1-8-6-19(7-11(8)17)12(20)18-9-2-4-10(5-3-9)21-13(14,15)16/h2-5,8,11H,6-7,17H2,1H3,(H,18,20). The van der Waals surface area contributed by atoms with Crippen molar-refractivity contribution in [2.45, 2.75) is 19.3 Å². The second-order valence-electron chi connectivity index (χ2n) is 5.05. The molecule has 2 amide bonds. The lowest BCUT2D eigenvalue weighted by molar-refractivity contribution is -0.274. The molecule has 2 rings (SSSR count). The molecule has 1 aromatic rings. The second-order valence-corrected chi connectivity index (χ2v) is 5.05. The fourth-order valence-electron chi connectivity index (χ4n) is 2.10. The van der Waals surface area contributed by atoms with Crippen LogP contribution in [0.5, 0.6) is 5.75 Å². The van der Waals surface area contributed by atoms with Crippen LogP contribution in [-0.4, -0.2) is 36.4 Å². The number of rotatable bonds is 2. The summed E-state index contributed by atoms with van der Waals surface area (Å²) in [5.74, 6) is -0.115. The Labute approximate surface area is 119 Å². The number of benzene rings is 1. The molecule has 1 fully saturated rings. The lowest BCUT2D eigenvalue weighted by Gasteiger charge is -2.17. The van der Waals surface area contributed by atoms with Crippen LogP contribution in [0.1, 0.15) is 6.92 Å². The molecule has 8 heteroatoms. The van der Waals surface area contributed by atoms with E-state index >= 15 is 0 Å². The van der Waals surface area contributed by atoms with Crippen LogP contribution < -0.4 is 15.8 Å². The highest BCUT2D eigenvalue weighted by molar-refractivity contribution is 5.89. The van der Waals surface area contributed by atoms with Gasteiger partial charge in [-0.3, -0.25) is 0 Å². The van der Waals surface area contributed by atoms with Gasteiger partial charge in [-0.25, -0.2) is 4.79 Å². The van der Waals surface area contributed by atoms with Gasteiger partial charge in [-0.2, -0.15) is 0 Å². The van der Waals surface area contributed by atoms with Crippen molar-refractivity contribution in [2.75, 3.05) is 18.4 Å². The molecule has 116 valence electrons. The first-order valence-corrected chi connectivity index (χ1v) is 6.42. The Morgan fingerprint density at radius 3 is 2.43 bits per heavy atom. The molecule has 21 heavy (non-hydrogen) atoms. The van der Waals surface area contributed by atoms with Crippen LogP contribution >= 0.6 is 0 Å². The van der Waals surface area contributed by atoms with Gasteiger partial charge < -0.3 is 20.7 Å². The van der Waals surface area contributed by atoms with Crippen LogP contribution in [0.3, 0.4) is 0 Å². The Kier molecular flexibility index (Phi) is 4.26. The topological polar surface area (TPSA) is 67.6 Å². The van der Waals surface area contributed by atoms with Crippen molar-refractivity contribution in [3.63, 3.8) is 0 Å². The first-order valence-electron chi connectivity index (χ1n) is 6.42. The molecule has 1 aliphatic heterocycles. The van der Waals surface area contributed by atoms with E-state index in [0.29, 0.717) is 18.8 Å². The first kappa shape index (κ1) is 15.4. The van der Waals surface area contributed by atoms with Crippen LogP contribution in [0.4, 0.5) is 23.7 Å². The number of carbonyl (C=O) groups excluding carboxylic acids is 1. The van der Waals surface area contributed by atoms with Gasteiger partial charge in [-0.05, 0) is 30.2 Å². The van der Waals surface area contributed by atoms with Gasteiger partial charge in [0.2, 0.25) is 0 Å². The predicted molar refractivity (Wildman–Crippen MR) is 70.9 cm³/mol. The molecule has 5 nitrogen and oxygen atoms in total. The van der Waals surface area contributed by atoms with E-state index in [1.54, 1.807) is 4.90 Å². The molecule has 0 radical (unpaired) electrons. The fourth-order valence-corrected chi connectivity index (χ4v) is 2.10. The van der Waals surface area contributed by atoms with Gasteiger partial charge in [0.15, 0.2) is 0 Å². The maximum atomic E-state index is 12.0. The molecule has 1 saturated heterocycles. The summed E-state index contributed by atoms with van der Waals surface area (Å²) in [6, 6.07) is 4.59. The molecule has 2 unspecified atom stereocenters. The fraction of sp³-hybridized carbons (Fsp3) is 0.462. The Morgan fingerprint density at radius 2 is 1.95 bits per heavy atom. The predicted octanol–water partition coefficient (Wildman–Crippen LogP) is 2.40. The number of amides is 2. The number of ether oxygens (including phenoxy) is 1. The highest BCUT2D eigenvalue weighted by Crippen LogP contribution is 2.24. The zero-order valence-electron chi connectivity index (χ0n) is 11.4. The molecule has 0 bridgehead atoms. The van der Waals surface area contributed by atoms with Crippen molar-refractivity contribution in [3.8, 4) is 5.75 Å². The molecule has 0 saturated carbocycles. The molecular formula is C13H16F3N3O2. The summed E-state index contributed by atoms with van der Waals surface area (Å²) >= 11 is 0. The summed E-state index contributed by atoms with van der Waals surface area (Å²) in [7, 11) is 0. The quantitative estimate of drug-likeness (QED) is 0.881. The van der Waals surface area contributed by atoms with E-state index in [2.05, 4.69) is 10.1 Å². The van der Waals surface area contributed by atoms with Crippen LogP contribution in [-0.2, 0) is 0 Å². The summed E-state index contributed by atoms with van der Waals surface area (Å²) in [5, 5.41) is 2.61. The smallest absolute Gasteiger partial charge is 0.406 e. The van der Waals surface area contributed by atoms with Gasteiger partial charge in [-0.1, -0.05) is 6.92 Å². The molecule has 1 aliphatic rings. The summed E-state index contributed by atoms with van der Waals surface area (Å²) in [6.07, 6.45) is -4.73. The van der Waals surface area contributed by atoms with Crippen molar-refractivity contribution in [3.05, 3.63) is 24.3 Å². The highest BCUT2D eigenvalue weighted by atomic mass is 19.4. The third-order valence-electron chi connectivity index (χ3n) is 3.30. The summed E-state index contributed by atoms with van der Waals surface area (Å²) < 4.78 is 39.8. The van der Waals surface area contributed by atoms with Crippen molar-refractivity contribution in [2.24, 2.45) is 11.7 Å². The Hall–Kier alpha value is -1.96. The monoisotopic (exact) mass is 303 g/mol. The van der Waals surface area contributed by atoms with Gasteiger partial charge in [0.1, 0.15) is 5.75 Å². The van der Waals surface area contributed by atoms with Crippen molar-refractivity contribution < 1.29 is 22.7 Å². The van der Waals surface area contributed by atoms with Crippen LogP contribution in [0, 0.1) is 5.92 Å². The lowest BCUT2D eigenvalue weighted by atomic mass is 10.1. The second kappa shape index (κ2) is 5.80. The Morgan fingerprint density at radius 1 is 1.33 bits per heavy atom. The molecule has 1 aromatic carbocycles. The molecule has 3 N–H and O–H groups in total. The van der Waals surface area contributed by atoms with Crippen molar-refractivity contribution in [1.29, 1.82) is 0 Å². The zero-order valence-corrected chi connectivity index (χ0v) is 11.4. The van der Waals surface area contributed by atoms with Crippen molar-refractivity contribution >= 4 is 11.7 Å². The molecule has 1 heterocycles. The van der Waals surface area contributed by atoms with E-state index in [1.807, 2.05) is 6.92 Å². The Bertz CT molecular complexity index is 494. The Balaban J connectivity index is 1.93. The number of nitrogens with two attached hydrogens (primary N) is 1. The van der Waals surface area contributed by atoms with E-state index in [1.165, 1.54) is 12.1 Å². The molecule has 0 spiro atoms. The maximum Gasteiger partial charge on any atom is 0.573 e. The van der Waals surface area contributed by atoms with E-state index in [0.717, 1.165) is 12.1 Å². The van der Waals surface area contributed by atoms with Gasteiger partial charge in [0, 0.05) is 24.8 Å². The lowest BCUT2D eigenvalue weighted by Crippen LogP contribution is -2.35. The normalized spacial score (nSPS) is 22.2. The number of urea groups is 1. The van der Waals surface area contributed by atoms with E-state index in [9.17, 15) is 18.0 Å². The summed E-state index contributed by atoms with van der Waals surface area (Å²) in [6.45, 7) is 2.98. The average Bonchev–Trinajstić information content (AvgIpc) is 2.70. The number of carbonyl (C=O) groups is 1. The SMILES string of the molecule is CC1CN(C(=O)Nc2ccc(OC(F)(F)F)cc2)CC1N.